The van der Waals surface area contributed by atoms with Gasteiger partial charge in [0.25, 0.3) is 0 Å². The summed E-state index contributed by atoms with van der Waals surface area (Å²) >= 11 is 0. The molecular formula is C4H7NO3. The molecule has 0 heterocycles. The molecule has 0 radical (unpaired) electrons. The summed E-state index contributed by atoms with van der Waals surface area (Å²) in [6.45, 7) is 0.971. The van der Waals surface area contributed by atoms with E-state index in [1.807, 2.05) is 0 Å². The number of rotatable bonds is 2. The van der Waals surface area contributed by atoms with Crippen molar-refractivity contribution in [2.75, 3.05) is 6.54 Å². The van der Waals surface area contributed by atoms with Crippen LogP contribution in [0.25, 0.3) is 0 Å². The first-order chi connectivity index (χ1) is 3.63. The molecule has 0 fully saturated rings. The highest BCUT2D eigenvalue weighted by molar-refractivity contribution is 5.79. The molecule has 0 rings (SSSR count). The lowest BCUT2D eigenvalue weighted by atomic mass is 10.8. The molecule has 8 heavy (non-hydrogen) atoms. The smallest absolute Gasteiger partial charge is 0.322 e. The number of aliphatic carboxylic acids is 1. The molecule has 1 amide bonds. The molecule has 0 aromatic rings. The van der Waals surface area contributed by atoms with E-state index in [1.54, 1.807) is 0 Å². The molecule has 46 valence electrons. The van der Waals surface area contributed by atoms with E-state index >= 15 is 0 Å². The van der Waals surface area contributed by atoms with E-state index in [0.717, 1.165) is 0 Å². The highest BCUT2D eigenvalue weighted by atomic mass is 16.5. The molecule has 0 aliphatic carbocycles. The number of amides is 1. The lowest BCUT2D eigenvalue weighted by molar-refractivity contribution is -0.137. The fourth-order valence-electron chi connectivity index (χ4n) is 0.200. The maximum absolute atomic E-state index is 9.97. The second-order valence-corrected chi connectivity index (χ2v) is 1.30. The van der Waals surface area contributed by atoms with Crippen LogP contribution >= 0.6 is 0 Å². The molecular weight excluding hydrogens is 112 g/mol. The molecule has 0 bridgehead atoms. The lowest BCUT2D eigenvalue weighted by Gasteiger charge is -1.92. The van der Waals surface area contributed by atoms with Crippen molar-refractivity contribution in [1.29, 1.82) is 0 Å². The van der Waals surface area contributed by atoms with Gasteiger partial charge in [-0.05, 0) is 0 Å². The fraction of sp³-hybridized carbons (Fsp3) is 0.500. The third-order valence-corrected chi connectivity index (χ3v) is 0.489. The van der Waals surface area contributed by atoms with E-state index in [4.69, 9.17) is 5.11 Å². The van der Waals surface area contributed by atoms with E-state index < -0.39 is 5.97 Å². The van der Waals surface area contributed by atoms with Gasteiger partial charge in [-0.15, -0.1) is 0 Å². The summed E-state index contributed by atoms with van der Waals surface area (Å²) in [5, 5.41) is 10.1. The number of carboxylic acid groups (broad SMARTS) is 1. The zero-order valence-electron chi connectivity index (χ0n) is 4.47. The molecule has 4 nitrogen and oxygen atoms in total. The minimum Gasteiger partial charge on any atom is -0.480 e. The van der Waals surface area contributed by atoms with Crippen molar-refractivity contribution in [2.45, 2.75) is 6.92 Å². The first-order valence-electron chi connectivity index (χ1n) is 2.09. The third-order valence-electron chi connectivity index (χ3n) is 0.489. The summed E-state index contributed by atoms with van der Waals surface area (Å²) in [6.07, 6.45) is 0. The second kappa shape index (κ2) is 3.01. The molecule has 0 aliphatic rings. The van der Waals surface area contributed by atoms with E-state index in [-0.39, 0.29) is 12.5 Å². The van der Waals surface area contributed by atoms with Gasteiger partial charge in [-0.25, -0.2) is 0 Å². The van der Waals surface area contributed by atoms with Crippen LogP contribution < -0.4 is 5.32 Å². The SMILES string of the molecule is CC(=O)N[13CH2][13C](=O)O. The predicted molar refractivity (Wildman–Crippen MR) is 26.3 cm³/mol. The van der Waals surface area contributed by atoms with Crippen LogP contribution in [-0.4, -0.2) is 23.5 Å². The molecule has 0 spiro atoms. The van der Waals surface area contributed by atoms with Crippen LogP contribution in [0.1, 0.15) is 6.92 Å². The Bertz CT molecular complexity index is 95.9. The van der Waals surface area contributed by atoms with Crippen LogP contribution in [0.15, 0.2) is 0 Å². The molecule has 2 N–H and O–H groups in total. The van der Waals surface area contributed by atoms with Gasteiger partial charge in [0, 0.05) is 6.92 Å². The summed E-state index contributed by atoms with van der Waals surface area (Å²) < 4.78 is 0. The van der Waals surface area contributed by atoms with Crippen molar-refractivity contribution in [1.82, 2.24) is 5.32 Å². The summed E-state index contributed by atoms with van der Waals surface area (Å²) in [4.78, 5) is 19.7. The molecule has 0 saturated heterocycles. The Labute approximate surface area is 46.5 Å². The van der Waals surface area contributed by atoms with Gasteiger partial charge in [-0.2, -0.15) is 0 Å². The lowest BCUT2D eigenvalue weighted by Crippen LogP contribution is -2.26. The summed E-state index contributed by atoms with van der Waals surface area (Å²) in [5.74, 6) is -1.35. The zero-order valence-corrected chi connectivity index (χ0v) is 4.47. The molecule has 4 heteroatoms. The van der Waals surface area contributed by atoms with Crippen molar-refractivity contribution >= 4 is 11.9 Å². The highest BCUT2D eigenvalue weighted by Crippen LogP contribution is 1.60. The van der Waals surface area contributed by atoms with Crippen molar-refractivity contribution in [3.63, 3.8) is 0 Å². The number of hydrogen-bond acceptors (Lipinski definition) is 2. The number of carbonyl (C=O) groups is 2. The number of carbonyl (C=O) groups excluding carboxylic acids is 1. The maximum atomic E-state index is 9.97. The Morgan fingerprint density at radius 3 is 2.25 bits per heavy atom. The van der Waals surface area contributed by atoms with Gasteiger partial charge in [-0.1, -0.05) is 0 Å². The Hall–Kier alpha value is -1.06. The quantitative estimate of drug-likeness (QED) is 0.468. The molecule has 0 unspecified atom stereocenters. The largest absolute Gasteiger partial charge is 0.480 e. The van der Waals surface area contributed by atoms with Gasteiger partial charge in [0.1, 0.15) is 6.54 Å². The van der Waals surface area contributed by atoms with E-state index in [2.05, 4.69) is 5.32 Å². The number of nitrogens with one attached hydrogen (secondary N) is 1. The Balaban J connectivity index is 3.18. The monoisotopic (exact) mass is 119 g/mol. The molecule has 0 aromatic carbocycles. The van der Waals surface area contributed by atoms with Crippen LogP contribution in [0.2, 0.25) is 0 Å². The van der Waals surface area contributed by atoms with E-state index in [1.165, 1.54) is 6.92 Å². The van der Waals surface area contributed by atoms with Gasteiger partial charge in [0.2, 0.25) is 5.91 Å². The standard InChI is InChI=1S/C4H7NO3/c1-3(6)5-2-4(7)8/h2H2,1H3,(H,5,6)(H,7,8)/i2+1,4+1. The summed E-state index contributed by atoms with van der Waals surface area (Å²) in [5.41, 5.74) is 0. The van der Waals surface area contributed by atoms with Crippen molar-refractivity contribution in [2.24, 2.45) is 0 Å². The minimum absolute atomic E-state index is 0.296. The average molecular weight is 119 g/mol. The number of hydrogen-bond donors (Lipinski definition) is 2. The van der Waals surface area contributed by atoms with Crippen molar-refractivity contribution in [3.05, 3.63) is 0 Å². The van der Waals surface area contributed by atoms with Crippen LogP contribution in [0, 0.1) is 0 Å². The average Bonchev–Trinajstić information content (AvgIpc) is 1.61. The van der Waals surface area contributed by atoms with Crippen molar-refractivity contribution in [3.8, 4) is 0 Å². The fourth-order valence-corrected chi connectivity index (χ4v) is 0.200. The normalized spacial score (nSPS) is 8.12. The molecule has 0 saturated carbocycles. The van der Waals surface area contributed by atoms with E-state index in [9.17, 15) is 9.59 Å². The molecule has 0 atom stereocenters. The molecule has 0 aromatic heterocycles. The summed E-state index contributed by atoms with van der Waals surface area (Å²) in [7, 11) is 0. The van der Waals surface area contributed by atoms with Crippen LogP contribution in [-0.2, 0) is 9.59 Å². The van der Waals surface area contributed by atoms with Gasteiger partial charge in [0.15, 0.2) is 0 Å². The minimum atomic E-state index is -1.03. The summed E-state index contributed by atoms with van der Waals surface area (Å²) in [6, 6.07) is 0. The van der Waals surface area contributed by atoms with Crippen molar-refractivity contribution < 1.29 is 14.7 Å². The van der Waals surface area contributed by atoms with Crippen LogP contribution in [0.5, 0.6) is 0 Å². The topological polar surface area (TPSA) is 66.4 Å². The van der Waals surface area contributed by atoms with E-state index in [0.29, 0.717) is 0 Å². The Morgan fingerprint density at radius 2 is 2.12 bits per heavy atom. The maximum Gasteiger partial charge on any atom is 0.322 e. The third kappa shape index (κ3) is 4.94. The van der Waals surface area contributed by atoms with Gasteiger partial charge >= 0.3 is 5.97 Å². The number of carboxylic acids is 1. The van der Waals surface area contributed by atoms with Gasteiger partial charge < -0.3 is 10.4 Å². The first kappa shape index (κ1) is 6.94. The van der Waals surface area contributed by atoms with Crippen LogP contribution in [0.4, 0.5) is 0 Å². The predicted octanol–water partition coefficient (Wildman–Crippen LogP) is -0.793. The highest BCUT2D eigenvalue weighted by Gasteiger charge is 1.94. The molecule has 0 aliphatic heterocycles. The zero-order chi connectivity index (χ0) is 6.57. The second-order valence-electron chi connectivity index (χ2n) is 1.30. The Morgan fingerprint density at radius 1 is 1.62 bits per heavy atom. The Kier molecular flexibility index (Phi) is 2.61. The van der Waals surface area contributed by atoms with Gasteiger partial charge in [-0.3, -0.25) is 9.59 Å². The first-order valence-corrected chi connectivity index (χ1v) is 2.09. The van der Waals surface area contributed by atoms with Gasteiger partial charge in [0.05, 0.1) is 0 Å². The van der Waals surface area contributed by atoms with Crippen LogP contribution in [0.3, 0.4) is 0 Å².